The molecule has 6 rings (SSSR count). The van der Waals surface area contributed by atoms with E-state index in [0.717, 1.165) is 54.9 Å². The van der Waals surface area contributed by atoms with Gasteiger partial charge >= 0.3 is 0 Å². The van der Waals surface area contributed by atoms with Gasteiger partial charge in [-0.05, 0) is 112 Å². The van der Waals surface area contributed by atoms with Crippen molar-refractivity contribution in [2.45, 2.75) is 103 Å². The Morgan fingerprint density at radius 2 is 1.86 bits per heavy atom. The van der Waals surface area contributed by atoms with E-state index >= 15 is 0 Å². The van der Waals surface area contributed by atoms with Gasteiger partial charge in [0.05, 0.1) is 11.7 Å². The minimum Gasteiger partial charge on any atom is -0.370 e. The fourth-order valence-corrected chi connectivity index (χ4v) is 10.7. The maximum Gasteiger partial charge on any atom is 0.155 e. The molecule has 0 aromatic rings. The first kappa shape index (κ1) is 25.6. The lowest BCUT2D eigenvalue weighted by Crippen LogP contribution is -2.53. The number of ketones is 1. The number of likely N-dealkylation sites (N-methyl/N-ethyl adjacent to an activating group) is 1. The van der Waals surface area contributed by atoms with Crippen molar-refractivity contribution in [1.82, 2.24) is 9.80 Å². The van der Waals surface area contributed by atoms with Gasteiger partial charge in [-0.15, -0.1) is 0 Å². The summed E-state index contributed by atoms with van der Waals surface area (Å²) < 4.78 is 7.28. The molecule has 202 valence electrons. The first-order valence-corrected chi connectivity index (χ1v) is 15.4. The molecule has 4 aliphatic carbocycles. The minimum atomic E-state index is 0.0793. The van der Waals surface area contributed by atoms with Crippen LogP contribution in [0, 0.1) is 46.8 Å². The van der Waals surface area contributed by atoms with Gasteiger partial charge in [0.2, 0.25) is 0 Å². The molecule has 1 unspecified atom stereocenters. The molecule has 3 saturated carbocycles. The highest BCUT2D eigenvalue weighted by atomic mass is 16.5. The summed E-state index contributed by atoms with van der Waals surface area (Å²) in [6.45, 7) is 13.6. The van der Waals surface area contributed by atoms with Crippen molar-refractivity contribution in [3.8, 4) is 0 Å². The molecule has 5 fully saturated rings. The van der Waals surface area contributed by atoms with Crippen LogP contribution < -0.4 is 0 Å². The van der Waals surface area contributed by atoms with Crippen molar-refractivity contribution >= 4 is 5.78 Å². The number of nitrogens with zero attached hydrogens (tertiary/aromatic N) is 2. The highest BCUT2D eigenvalue weighted by molar-refractivity contribution is 5.91. The average molecular weight is 497 g/mol. The highest BCUT2D eigenvalue weighted by Gasteiger charge is 2.61. The zero-order valence-corrected chi connectivity index (χ0v) is 24.0. The normalized spacial score (nSPS) is 50.9. The molecule has 4 heteroatoms. The second-order valence-corrected chi connectivity index (χ2v) is 14.8. The average Bonchev–Trinajstić information content (AvgIpc) is 3.28. The van der Waals surface area contributed by atoms with Gasteiger partial charge in [-0.2, -0.15) is 0 Å². The number of ether oxygens (including phenoxy) is 1. The van der Waals surface area contributed by atoms with Crippen LogP contribution in [0.1, 0.15) is 85.5 Å². The van der Waals surface area contributed by atoms with Crippen LogP contribution in [0.15, 0.2) is 11.6 Å². The summed E-state index contributed by atoms with van der Waals surface area (Å²) in [4.78, 5) is 17.4. The molecule has 1 spiro atoms. The second-order valence-electron chi connectivity index (χ2n) is 14.8. The van der Waals surface area contributed by atoms with E-state index < -0.39 is 0 Å². The summed E-state index contributed by atoms with van der Waals surface area (Å²) in [5, 5.41) is 0. The van der Waals surface area contributed by atoms with Gasteiger partial charge in [0, 0.05) is 38.0 Å². The molecule has 11 atom stereocenters. The summed E-state index contributed by atoms with van der Waals surface area (Å²) in [6.07, 6.45) is 13.4. The smallest absolute Gasteiger partial charge is 0.155 e. The Kier molecular flexibility index (Phi) is 6.53. The Labute approximate surface area is 220 Å². The molecular weight excluding hydrogens is 444 g/mol. The van der Waals surface area contributed by atoms with Crippen LogP contribution in [0.2, 0.25) is 0 Å². The molecule has 0 radical (unpaired) electrons. The number of piperidine rings is 1. The molecule has 2 aliphatic heterocycles. The van der Waals surface area contributed by atoms with Crippen molar-refractivity contribution in [3.05, 3.63) is 11.6 Å². The molecule has 4 nitrogen and oxygen atoms in total. The van der Waals surface area contributed by atoms with E-state index in [4.69, 9.17) is 4.74 Å². The van der Waals surface area contributed by atoms with Gasteiger partial charge in [0.1, 0.15) is 0 Å². The largest absolute Gasteiger partial charge is 0.370 e. The molecule has 6 aliphatic rings. The zero-order chi connectivity index (χ0) is 25.4. The Balaban J connectivity index is 1.22. The standard InChI is InChI=1S/C32H52N2O2/c1-20-15-29-30(34(19-20)14-13-33(5)6)22(3)32(36-29)12-10-25-26-8-7-23-16-24(35)9-11-31(23,4)28(26)17-27(25)21(2)18-32/h16,20-22,25-30H,7-15,17-19H2,1-6H3/t20-,21?,22+,25-,26-,27-,28-,29+,30-,31-,32-/m0/s1. The van der Waals surface area contributed by atoms with E-state index in [1.165, 1.54) is 63.6 Å². The number of carbonyl (C=O) groups excluding carboxylic acids is 1. The molecule has 0 bridgehead atoms. The Bertz CT molecular complexity index is 899. The van der Waals surface area contributed by atoms with Crippen LogP contribution in [0.5, 0.6) is 0 Å². The van der Waals surface area contributed by atoms with Crippen LogP contribution in [0.4, 0.5) is 0 Å². The minimum absolute atomic E-state index is 0.0793. The lowest BCUT2D eigenvalue weighted by Gasteiger charge is -2.48. The van der Waals surface area contributed by atoms with E-state index in [-0.39, 0.29) is 11.0 Å². The van der Waals surface area contributed by atoms with Crippen LogP contribution >= 0.6 is 0 Å². The van der Waals surface area contributed by atoms with Gasteiger partial charge in [0.25, 0.3) is 0 Å². The van der Waals surface area contributed by atoms with Crippen molar-refractivity contribution in [2.24, 2.45) is 46.8 Å². The molecule has 36 heavy (non-hydrogen) atoms. The van der Waals surface area contributed by atoms with Crippen LogP contribution in [-0.4, -0.2) is 67.1 Å². The summed E-state index contributed by atoms with van der Waals surface area (Å²) >= 11 is 0. The van der Waals surface area contributed by atoms with E-state index in [9.17, 15) is 4.79 Å². The third-order valence-corrected chi connectivity index (χ3v) is 12.5. The summed E-state index contributed by atoms with van der Waals surface area (Å²) in [6, 6.07) is 0.597. The molecule has 0 N–H and O–H groups in total. The Hall–Kier alpha value is -0.710. The number of hydrogen-bond donors (Lipinski definition) is 0. The number of likely N-dealkylation sites (tertiary alicyclic amines) is 1. The maximum absolute atomic E-state index is 12.2. The molecule has 0 aromatic carbocycles. The summed E-state index contributed by atoms with van der Waals surface area (Å²) in [7, 11) is 4.41. The molecule has 2 heterocycles. The third-order valence-electron chi connectivity index (χ3n) is 12.5. The van der Waals surface area contributed by atoms with Gasteiger partial charge in [-0.1, -0.05) is 33.3 Å². The van der Waals surface area contributed by atoms with E-state index in [2.05, 4.69) is 57.7 Å². The van der Waals surface area contributed by atoms with Gasteiger partial charge in [-0.3, -0.25) is 9.69 Å². The predicted molar refractivity (Wildman–Crippen MR) is 146 cm³/mol. The van der Waals surface area contributed by atoms with Gasteiger partial charge in [0.15, 0.2) is 5.78 Å². The van der Waals surface area contributed by atoms with Crippen LogP contribution in [0.3, 0.4) is 0 Å². The van der Waals surface area contributed by atoms with Gasteiger partial charge < -0.3 is 9.64 Å². The van der Waals surface area contributed by atoms with E-state index in [0.29, 0.717) is 23.8 Å². The van der Waals surface area contributed by atoms with Crippen molar-refractivity contribution in [3.63, 3.8) is 0 Å². The molecule has 0 aromatic heterocycles. The quantitative estimate of drug-likeness (QED) is 0.494. The Morgan fingerprint density at radius 3 is 2.64 bits per heavy atom. The molecule has 2 saturated heterocycles. The number of fused-ring (bicyclic) bond motifs is 6. The van der Waals surface area contributed by atoms with E-state index in [1.54, 1.807) is 0 Å². The SMILES string of the molecule is CC1C[C@]2(CC[C@H]3[C@@H]4CCC5=CC(=O)CC[C@]5(C)[C@H]4C[C@@H]13)O[C@@H]1C[C@H](C)CN(CCN(C)C)[C@H]1[C@H]2C. The fraction of sp³-hybridized carbons (Fsp3) is 0.906. The number of hydrogen-bond acceptors (Lipinski definition) is 4. The van der Waals surface area contributed by atoms with Crippen LogP contribution in [-0.2, 0) is 9.53 Å². The lowest BCUT2D eigenvalue weighted by atomic mass is 9.56. The maximum atomic E-state index is 12.2. The second kappa shape index (κ2) is 9.19. The molecular formula is C32H52N2O2. The summed E-state index contributed by atoms with van der Waals surface area (Å²) in [5.74, 6) is 5.83. The monoisotopic (exact) mass is 496 g/mol. The zero-order valence-electron chi connectivity index (χ0n) is 24.0. The fourth-order valence-electron chi connectivity index (χ4n) is 10.7. The number of carbonyl (C=O) groups is 1. The lowest BCUT2D eigenvalue weighted by molar-refractivity contribution is -0.116. The van der Waals surface area contributed by atoms with Crippen LogP contribution in [0.25, 0.3) is 0 Å². The van der Waals surface area contributed by atoms with E-state index in [1.807, 2.05) is 0 Å². The topological polar surface area (TPSA) is 32.8 Å². The first-order valence-electron chi connectivity index (χ1n) is 15.4. The van der Waals surface area contributed by atoms with Crippen molar-refractivity contribution in [1.29, 1.82) is 0 Å². The van der Waals surface area contributed by atoms with Crippen molar-refractivity contribution in [2.75, 3.05) is 33.7 Å². The summed E-state index contributed by atoms with van der Waals surface area (Å²) in [5.41, 5.74) is 1.87. The predicted octanol–water partition coefficient (Wildman–Crippen LogP) is 5.81. The van der Waals surface area contributed by atoms with Crippen molar-refractivity contribution < 1.29 is 9.53 Å². The third kappa shape index (κ3) is 3.99. The number of rotatable bonds is 3. The first-order chi connectivity index (χ1) is 17.1. The number of allylic oxidation sites excluding steroid dienone is 2. The molecule has 0 amide bonds. The Morgan fingerprint density at radius 1 is 1.06 bits per heavy atom. The highest BCUT2D eigenvalue weighted by Crippen LogP contribution is 2.65. The van der Waals surface area contributed by atoms with Gasteiger partial charge in [-0.25, -0.2) is 0 Å².